The number of nitrogens with zero attached hydrogens (tertiary/aromatic N) is 1. The maximum atomic E-state index is 12.5. The van der Waals surface area contributed by atoms with Crippen LogP contribution in [-0.2, 0) is 9.59 Å². The molecule has 134 valence electrons. The molecule has 0 radical (unpaired) electrons. The molecule has 0 saturated carbocycles. The zero-order valence-electron chi connectivity index (χ0n) is 13.7. The third-order valence-corrected chi connectivity index (χ3v) is 4.25. The lowest BCUT2D eigenvalue weighted by molar-refractivity contribution is -0.122. The zero-order valence-corrected chi connectivity index (χ0v) is 14.5. The largest absolute Gasteiger partial charge is 0.351 e. The Kier molecular flexibility index (Phi) is 5.09. The molecular formula is C18H17ClN4O3. The summed E-state index contributed by atoms with van der Waals surface area (Å²) in [5.41, 5.74) is 6.73. The van der Waals surface area contributed by atoms with Gasteiger partial charge in [0.1, 0.15) is 0 Å². The number of carbonyl (C=O) groups is 3. The lowest BCUT2D eigenvalue weighted by Crippen LogP contribution is -2.28. The Morgan fingerprint density at radius 1 is 1.08 bits per heavy atom. The van der Waals surface area contributed by atoms with Crippen molar-refractivity contribution in [3.8, 4) is 0 Å². The maximum Gasteiger partial charge on any atom is 0.316 e. The molecule has 1 saturated heterocycles. The van der Waals surface area contributed by atoms with Crippen LogP contribution < -0.4 is 21.3 Å². The minimum atomic E-state index is -0.688. The SMILES string of the molecule is NC(=O)Nc1cccc(NC(=O)C2CC(=O)N(c3cccc(Cl)c3)C2)c1. The monoisotopic (exact) mass is 372 g/mol. The van der Waals surface area contributed by atoms with E-state index in [-0.39, 0.29) is 24.8 Å². The summed E-state index contributed by atoms with van der Waals surface area (Å²) in [5, 5.41) is 5.74. The van der Waals surface area contributed by atoms with Gasteiger partial charge >= 0.3 is 6.03 Å². The van der Waals surface area contributed by atoms with Gasteiger partial charge in [-0.15, -0.1) is 0 Å². The van der Waals surface area contributed by atoms with Crippen molar-refractivity contribution in [1.82, 2.24) is 0 Å². The molecule has 0 aliphatic carbocycles. The van der Waals surface area contributed by atoms with Gasteiger partial charge in [0.2, 0.25) is 11.8 Å². The summed E-state index contributed by atoms with van der Waals surface area (Å²) in [6.45, 7) is 0.282. The number of benzene rings is 2. The second kappa shape index (κ2) is 7.45. The zero-order chi connectivity index (χ0) is 18.7. The lowest BCUT2D eigenvalue weighted by atomic mass is 10.1. The fraction of sp³-hybridized carbons (Fsp3) is 0.167. The fourth-order valence-electron chi connectivity index (χ4n) is 2.84. The number of anilines is 3. The van der Waals surface area contributed by atoms with E-state index in [9.17, 15) is 14.4 Å². The van der Waals surface area contributed by atoms with Gasteiger partial charge in [-0.1, -0.05) is 23.7 Å². The van der Waals surface area contributed by atoms with Gasteiger partial charge in [-0.2, -0.15) is 0 Å². The molecule has 4 N–H and O–H groups in total. The molecule has 4 amide bonds. The van der Waals surface area contributed by atoms with Crippen LogP contribution in [0.25, 0.3) is 0 Å². The Morgan fingerprint density at radius 3 is 2.46 bits per heavy atom. The summed E-state index contributed by atoms with van der Waals surface area (Å²) in [4.78, 5) is 37.3. The molecule has 7 nitrogen and oxygen atoms in total. The van der Waals surface area contributed by atoms with Crippen molar-refractivity contribution >= 4 is 46.5 Å². The van der Waals surface area contributed by atoms with Gasteiger partial charge in [0.05, 0.1) is 5.92 Å². The van der Waals surface area contributed by atoms with E-state index in [0.29, 0.717) is 22.1 Å². The number of nitrogens with one attached hydrogen (secondary N) is 2. The highest BCUT2D eigenvalue weighted by molar-refractivity contribution is 6.31. The molecule has 1 aliphatic rings. The van der Waals surface area contributed by atoms with Gasteiger partial charge < -0.3 is 21.3 Å². The summed E-state index contributed by atoms with van der Waals surface area (Å²) in [7, 11) is 0. The van der Waals surface area contributed by atoms with Crippen molar-refractivity contribution in [3.05, 3.63) is 53.6 Å². The van der Waals surface area contributed by atoms with Crippen molar-refractivity contribution in [2.45, 2.75) is 6.42 Å². The van der Waals surface area contributed by atoms with Crippen LogP contribution >= 0.6 is 11.6 Å². The molecule has 1 heterocycles. The van der Waals surface area contributed by atoms with Crippen LogP contribution in [0.5, 0.6) is 0 Å². The van der Waals surface area contributed by atoms with Crippen LogP contribution in [0.4, 0.5) is 21.9 Å². The first-order chi connectivity index (χ1) is 12.4. The molecule has 0 aromatic heterocycles. The molecule has 2 aromatic rings. The number of primary amides is 1. The van der Waals surface area contributed by atoms with Crippen LogP contribution in [0.15, 0.2) is 48.5 Å². The molecule has 0 bridgehead atoms. The predicted molar refractivity (Wildman–Crippen MR) is 100 cm³/mol. The molecule has 1 aliphatic heterocycles. The van der Waals surface area contributed by atoms with Crippen LogP contribution in [0, 0.1) is 5.92 Å². The van der Waals surface area contributed by atoms with Crippen LogP contribution in [0.2, 0.25) is 5.02 Å². The molecule has 8 heteroatoms. The third kappa shape index (κ3) is 4.12. The predicted octanol–water partition coefficient (Wildman–Crippen LogP) is 2.82. The number of rotatable bonds is 4. The second-order valence-corrected chi connectivity index (χ2v) is 6.38. The standard InChI is InChI=1S/C18H17ClN4O3/c19-12-3-1-6-15(8-12)23-10-11(7-16(23)24)17(25)21-13-4-2-5-14(9-13)22-18(20)26/h1-6,8-9,11H,7,10H2,(H,21,25)(H3,20,22,26). The summed E-state index contributed by atoms with van der Waals surface area (Å²) < 4.78 is 0. The summed E-state index contributed by atoms with van der Waals surface area (Å²) in [6, 6.07) is 12.9. The smallest absolute Gasteiger partial charge is 0.316 e. The van der Waals surface area contributed by atoms with Crippen molar-refractivity contribution in [1.29, 1.82) is 0 Å². The summed E-state index contributed by atoms with van der Waals surface area (Å²) >= 11 is 5.97. The van der Waals surface area contributed by atoms with Crippen LogP contribution in [-0.4, -0.2) is 24.4 Å². The first kappa shape index (κ1) is 17.8. The number of nitrogens with two attached hydrogens (primary N) is 1. The highest BCUT2D eigenvalue weighted by atomic mass is 35.5. The second-order valence-electron chi connectivity index (χ2n) is 5.94. The molecule has 1 fully saturated rings. The number of carbonyl (C=O) groups excluding carboxylic acids is 3. The van der Waals surface area contributed by atoms with Crippen molar-refractivity contribution in [2.24, 2.45) is 11.7 Å². The lowest BCUT2D eigenvalue weighted by Gasteiger charge is -2.17. The van der Waals surface area contributed by atoms with Gasteiger partial charge in [0.15, 0.2) is 0 Å². The van der Waals surface area contributed by atoms with E-state index in [4.69, 9.17) is 17.3 Å². The van der Waals surface area contributed by atoms with E-state index in [0.717, 1.165) is 0 Å². The molecule has 2 aromatic carbocycles. The minimum absolute atomic E-state index is 0.123. The Labute approximate surface area is 155 Å². The molecular weight excluding hydrogens is 356 g/mol. The average molecular weight is 373 g/mol. The van der Waals surface area contributed by atoms with Crippen molar-refractivity contribution in [3.63, 3.8) is 0 Å². The van der Waals surface area contributed by atoms with E-state index >= 15 is 0 Å². The Bertz CT molecular complexity index is 871. The molecule has 3 rings (SSSR count). The van der Waals surface area contributed by atoms with Gasteiger partial charge in [0.25, 0.3) is 0 Å². The molecule has 26 heavy (non-hydrogen) atoms. The van der Waals surface area contributed by atoms with Gasteiger partial charge in [-0.3, -0.25) is 9.59 Å². The number of halogens is 1. The van der Waals surface area contributed by atoms with Crippen molar-refractivity contribution < 1.29 is 14.4 Å². The Morgan fingerprint density at radius 2 is 1.77 bits per heavy atom. The Hall–Kier alpha value is -3.06. The maximum absolute atomic E-state index is 12.5. The van der Waals surface area contributed by atoms with Gasteiger partial charge in [0, 0.05) is 35.1 Å². The number of hydrogen-bond donors (Lipinski definition) is 3. The fourth-order valence-corrected chi connectivity index (χ4v) is 3.02. The van der Waals surface area contributed by atoms with Crippen molar-refractivity contribution in [2.75, 3.05) is 22.1 Å². The molecule has 1 atom stereocenters. The Balaban J connectivity index is 1.68. The quantitative estimate of drug-likeness (QED) is 0.768. The number of amides is 4. The van der Waals surface area contributed by atoms with E-state index in [2.05, 4.69) is 10.6 Å². The van der Waals surface area contributed by atoms with E-state index in [1.165, 1.54) is 0 Å². The molecule has 0 spiro atoms. The third-order valence-electron chi connectivity index (χ3n) is 4.01. The van der Waals surface area contributed by atoms with Crippen LogP contribution in [0.3, 0.4) is 0 Å². The topological polar surface area (TPSA) is 105 Å². The van der Waals surface area contributed by atoms with Gasteiger partial charge in [-0.25, -0.2) is 4.79 Å². The normalized spacial score (nSPS) is 16.4. The number of urea groups is 1. The average Bonchev–Trinajstić information content (AvgIpc) is 2.96. The van der Waals surface area contributed by atoms with E-state index in [1.54, 1.807) is 53.4 Å². The first-order valence-corrected chi connectivity index (χ1v) is 8.33. The van der Waals surface area contributed by atoms with Gasteiger partial charge in [-0.05, 0) is 36.4 Å². The first-order valence-electron chi connectivity index (χ1n) is 7.95. The highest BCUT2D eigenvalue weighted by Crippen LogP contribution is 2.28. The number of hydrogen-bond acceptors (Lipinski definition) is 3. The van der Waals surface area contributed by atoms with E-state index < -0.39 is 11.9 Å². The minimum Gasteiger partial charge on any atom is -0.351 e. The summed E-state index contributed by atoms with van der Waals surface area (Å²) in [6.07, 6.45) is 0.123. The van der Waals surface area contributed by atoms with E-state index in [1.807, 2.05) is 0 Å². The summed E-state index contributed by atoms with van der Waals surface area (Å²) in [5.74, 6) is -0.870. The highest BCUT2D eigenvalue weighted by Gasteiger charge is 2.35. The van der Waals surface area contributed by atoms with Crippen LogP contribution in [0.1, 0.15) is 6.42 Å². The molecule has 1 unspecified atom stereocenters.